The Morgan fingerprint density at radius 2 is 1.78 bits per heavy atom. The number of amides is 4. The van der Waals surface area contributed by atoms with Crippen molar-refractivity contribution in [1.82, 2.24) is 9.80 Å². The van der Waals surface area contributed by atoms with Crippen molar-refractivity contribution < 1.29 is 19.2 Å². The number of urea groups is 1. The predicted molar refractivity (Wildman–Crippen MR) is 84.7 cm³/mol. The van der Waals surface area contributed by atoms with E-state index in [1.165, 1.54) is 14.1 Å². The van der Waals surface area contributed by atoms with E-state index in [0.717, 1.165) is 15.4 Å². The molecular formula is C15H14BrN3O4. The molecule has 3 rings (SSSR count). The average Bonchev–Trinajstić information content (AvgIpc) is 2.88. The second kappa shape index (κ2) is 5.16. The van der Waals surface area contributed by atoms with Crippen LogP contribution in [0.5, 0.6) is 0 Å². The van der Waals surface area contributed by atoms with Crippen LogP contribution in [-0.2, 0) is 14.4 Å². The van der Waals surface area contributed by atoms with E-state index < -0.39 is 29.4 Å². The van der Waals surface area contributed by atoms with Crippen LogP contribution in [0.2, 0.25) is 0 Å². The van der Waals surface area contributed by atoms with Crippen LogP contribution in [0.15, 0.2) is 29.4 Å². The summed E-state index contributed by atoms with van der Waals surface area (Å²) in [5, 5.41) is 3.82. The molecule has 1 aromatic carbocycles. The first-order valence-corrected chi connectivity index (χ1v) is 7.67. The van der Waals surface area contributed by atoms with E-state index in [0.29, 0.717) is 5.56 Å². The molecule has 8 heteroatoms. The van der Waals surface area contributed by atoms with Crippen LogP contribution < -0.4 is 0 Å². The Morgan fingerprint density at radius 3 is 2.35 bits per heavy atom. The summed E-state index contributed by atoms with van der Waals surface area (Å²) in [6.07, 6.45) is -0.935. The van der Waals surface area contributed by atoms with Crippen molar-refractivity contribution >= 4 is 38.4 Å². The molecule has 0 aromatic heterocycles. The maximum absolute atomic E-state index is 12.9. The highest BCUT2D eigenvalue weighted by molar-refractivity contribution is 9.18. The third-order valence-corrected chi connectivity index (χ3v) is 4.93. The molecule has 120 valence electrons. The fourth-order valence-corrected chi connectivity index (χ4v) is 3.55. The van der Waals surface area contributed by atoms with Crippen LogP contribution in [0, 0.1) is 12.3 Å². The molecule has 0 N–H and O–H groups in total. The van der Waals surface area contributed by atoms with Gasteiger partial charge in [-0.2, -0.15) is 0 Å². The first-order chi connectivity index (χ1) is 10.8. The van der Waals surface area contributed by atoms with Gasteiger partial charge in [-0.15, -0.1) is 0 Å². The highest BCUT2D eigenvalue weighted by atomic mass is 79.9. The summed E-state index contributed by atoms with van der Waals surface area (Å²) in [6, 6.07) is 6.61. The summed E-state index contributed by atoms with van der Waals surface area (Å²) in [7, 11) is 2.67. The summed E-state index contributed by atoms with van der Waals surface area (Å²) >= 11 is 3.19. The molecule has 0 radical (unpaired) electrons. The van der Waals surface area contributed by atoms with Gasteiger partial charge in [-0.1, -0.05) is 35.0 Å². The Morgan fingerprint density at radius 1 is 1.17 bits per heavy atom. The summed E-state index contributed by atoms with van der Waals surface area (Å²) in [4.78, 5) is 45.0. The lowest BCUT2D eigenvalue weighted by Crippen LogP contribution is -2.66. The standard InChI is InChI=1S/C15H14BrN3O4/c1-8-5-4-6-9(7-8)10-15(11(16)17-23-10)12(20)18(2)14(22)19(3)13(15)21/h4-7,10H,1-3H3. The van der Waals surface area contributed by atoms with Crippen molar-refractivity contribution in [2.45, 2.75) is 13.0 Å². The third-order valence-electron chi connectivity index (χ3n) is 4.16. The van der Waals surface area contributed by atoms with E-state index in [2.05, 4.69) is 21.1 Å². The number of carbonyl (C=O) groups excluding carboxylic acids is 3. The Labute approximate surface area is 141 Å². The second-order valence-corrected chi connectivity index (χ2v) is 6.35. The summed E-state index contributed by atoms with van der Waals surface area (Å²) < 4.78 is 0.0673. The fraction of sp³-hybridized carbons (Fsp3) is 0.333. The monoisotopic (exact) mass is 379 g/mol. The molecule has 1 spiro atoms. The highest BCUT2D eigenvalue weighted by Gasteiger charge is 2.67. The van der Waals surface area contributed by atoms with Crippen LogP contribution >= 0.6 is 15.9 Å². The number of imide groups is 2. The van der Waals surface area contributed by atoms with Gasteiger partial charge in [0.1, 0.15) is 0 Å². The van der Waals surface area contributed by atoms with Crippen LogP contribution in [0.4, 0.5) is 4.79 Å². The molecule has 23 heavy (non-hydrogen) atoms. The third kappa shape index (κ3) is 1.94. The number of carbonyl (C=O) groups is 3. The molecule has 2 aliphatic rings. The number of hydrogen-bond donors (Lipinski definition) is 0. The van der Waals surface area contributed by atoms with Gasteiger partial charge in [-0.05, 0) is 28.4 Å². The van der Waals surface area contributed by atoms with Gasteiger partial charge in [0.05, 0.1) is 0 Å². The quantitative estimate of drug-likeness (QED) is 0.697. The van der Waals surface area contributed by atoms with E-state index in [9.17, 15) is 14.4 Å². The van der Waals surface area contributed by atoms with Gasteiger partial charge in [0, 0.05) is 14.1 Å². The number of oxime groups is 1. The Hall–Kier alpha value is -2.22. The fourth-order valence-electron chi connectivity index (χ4n) is 2.92. The van der Waals surface area contributed by atoms with Crippen LogP contribution in [-0.4, -0.2) is 46.4 Å². The molecule has 1 aromatic rings. The minimum absolute atomic E-state index is 0.0673. The van der Waals surface area contributed by atoms with Crippen LogP contribution in [0.3, 0.4) is 0 Å². The Bertz CT molecular complexity index is 737. The summed E-state index contributed by atoms with van der Waals surface area (Å²) in [5.41, 5.74) is -0.121. The van der Waals surface area contributed by atoms with Gasteiger partial charge >= 0.3 is 6.03 Å². The molecule has 7 nitrogen and oxygen atoms in total. The maximum atomic E-state index is 12.9. The molecule has 1 saturated heterocycles. The van der Waals surface area contributed by atoms with Crippen molar-refractivity contribution in [2.24, 2.45) is 10.6 Å². The summed E-state index contributed by atoms with van der Waals surface area (Å²) in [5.74, 6) is -1.32. The van der Waals surface area contributed by atoms with Gasteiger partial charge in [0.15, 0.2) is 10.7 Å². The molecule has 1 atom stereocenters. The zero-order chi connectivity index (χ0) is 16.9. The normalized spacial score (nSPS) is 23.4. The number of aryl methyl sites for hydroxylation is 1. The van der Waals surface area contributed by atoms with Gasteiger partial charge in [-0.3, -0.25) is 19.4 Å². The van der Waals surface area contributed by atoms with Crippen molar-refractivity contribution in [3.8, 4) is 0 Å². The predicted octanol–water partition coefficient (Wildman–Crippen LogP) is 1.81. The molecule has 0 saturated carbocycles. The lowest BCUT2D eigenvalue weighted by molar-refractivity contribution is -0.158. The molecule has 0 bridgehead atoms. The van der Waals surface area contributed by atoms with Gasteiger partial charge < -0.3 is 4.84 Å². The average molecular weight is 380 g/mol. The Kier molecular flexibility index (Phi) is 3.51. The minimum atomic E-state index is -1.72. The first kappa shape index (κ1) is 15.7. The SMILES string of the molecule is Cc1cccc(C2ON=C(Br)C23C(=O)N(C)C(=O)N(C)C3=O)c1. The zero-order valence-electron chi connectivity index (χ0n) is 12.7. The Balaban J connectivity index is 2.19. The first-order valence-electron chi connectivity index (χ1n) is 6.88. The maximum Gasteiger partial charge on any atom is 0.332 e. The van der Waals surface area contributed by atoms with Gasteiger partial charge in [0.2, 0.25) is 5.41 Å². The van der Waals surface area contributed by atoms with Gasteiger partial charge in [0.25, 0.3) is 11.8 Å². The van der Waals surface area contributed by atoms with E-state index in [1.807, 2.05) is 25.1 Å². The van der Waals surface area contributed by atoms with Crippen molar-refractivity contribution in [3.05, 3.63) is 35.4 Å². The number of barbiturate groups is 1. The van der Waals surface area contributed by atoms with E-state index in [1.54, 1.807) is 6.07 Å². The van der Waals surface area contributed by atoms with Crippen LogP contribution in [0.25, 0.3) is 0 Å². The van der Waals surface area contributed by atoms with E-state index in [4.69, 9.17) is 4.84 Å². The van der Waals surface area contributed by atoms with E-state index in [-0.39, 0.29) is 4.62 Å². The second-order valence-electron chi connectivity index (χ2n) is 5.60. The smallest absolute Gasteiger partial charge is 0.332 e. The van der Waals surface area contributed by atoms with Crippen molar-refractivity contribution in [1.29, 1.82) is 0 Å². The number of benzene rings is 1. The topological polar surface area (TPSA) is 79.3 Å². The minimum Gasteiger partial charge on any atom is -0.385 e. The molecule has 1 fully saturated rings. The zero-order valence-corrected chi connectivity index (χ0v) is 14.3. The number of nitrogens with zero attached hydrogens (tertiary/aromatic N) is 3. The summed E-state index contributed by atoms with van der Waals surface area (Å²) in [6.45, 7) is 1.90. The lowest BCUT2D eigenvalue weighted by Gasteiger charge is -2.40. The van der Waals surface area contributed by atoms with E-state index >= 15 is 0 Å². The molecule has 0 aliphatic carbocycles. The van der Waals surface area contributed by atoms with Gasteiger partial charge in [-0.25, -0.2) is 4.79 Å². The molecular weight excluding hydrogens is 366 g/mol. The molecule has 2 aliphatic heterocycles. The van der Waals surface area contributed by atoms with Crippen LogP contribution in [0.1, 0.15) is 17.2 Å². The van der Waals surface area contributed by atoms with Crippen molar-refractivity contribution in [2.75, 3.05) is 14.1 Å². The number of rotatable bonds is 1. The molecule has 2 heterocycles. The van der Waals surface area contributed by atoms with Crippen molar-refractivity contribution in [3.63, 3.8) is 0 Å². The lowest BCUT2D eigenvalue weighted by atomic mass is 9.76. The largest absolute Gasteiger partial charge is 0.385 e. The highest BCUT2D eigenvalue weighted by Crippen LogP contribution is 2.49. The number of hydrogen-bond acceptors (Lipinski definition) is 5. The molecule has 1 unspecified atom stereocenters. The molecule has 4 amide bonds. The number of halogens is 1.